The Kier molecular flexibility index (Phi) is 4.96. The first kappa shape index (κ1) is 14.6. The fourth-order valence-corrected chi connectivity index (χ4v) is 1.57. The number of aliphatic hydroxyl groups excluding tert-OH is 1. The molecule has 0 fully saturated rings. The molecule has 2 rings (SSSR count). The molecule has 0 aliphatic heterocycles. The summed E-state index contributed by atoms with van der Waals surface area (Å²) in [6, 6.07) is 3.75. The summed E-state index contributed by atoms with van der Waals surface area (Å²) in [5.74, 6) is 4.64. The number of carbonyl (C=O) groups excluding carboxylic acids is 1. The zero-order chi connectivity index (χ0) is 15.1. The fraction of sp³-hybridized carbons (Fsp3) is 0.133. The fourth-order valence-electron chi connectivity index (χ4n) is 1.57. The summed E-state index contributed by atoms with van der Waals surface area (Å²) in [7, 11) is 0. The van der Waals surface area contributed by atoms with Gasteiger partial charge in [0, 0.05) is 24.4 Å². The molecule has 21 heavy (non-hydrogen) atoms. The topological polar surface area (TPSA) is 75.1 Å². The lowest BCUT2D eigenvalue weighted by Gasteiger charge is -2.06. The van der Waals surface area contributed by atoms with Gasteiger partial charge in [-0.3, -0.25) is 9.78 Å². The van der Waals surface area contributed by atoms with Gasteiger partial charge in [0.2, 0.25) is 0 Å². The number of benzene rings is 1. The first-order chi connectivity index (χ1) is 10.2. The highest BCUT2D eigenvalue weighted by atomic mass is 19.1. The number of hydrogen-bond acceptors (Lipinski definition) is 4. The number of nitrogens with one attached hydrogen (secondary N) is 1. The number of aliphatic hydroxyl groups is 1. The molecule has 0 spiro atoms. The smallest absolute Gasteiger partial charge is 0.258 e. The van der Waals surface area contributed by atoms with Gasteiger partial charge < -0.3 is 10.4 Å². The molecule has 2 N–H and O–H groups in total. The van der Waals surface area contributed by atoms with Crippen molar-refractivity contribution >= 4 is 11.7 Å². The Bertz CT molecular complexity index is 693. The molecule has 1 heterocycles. The van der Waals surface area contributed by atoms with E-state index in [0.29, 0.717) is 5.56 Å². The predicted octanol–water partition coefficient (Wildman–Crippen LogP) is 1.60. The Morgan fingerprint density at radius 1 is 1.38 bits per heavy atom. The van der Waals surface area contributed by atoms with Crippen LogP contribution < -0.4 is 5.32 Å². The quantitative estimate of drug-likeness (QED) is 0.840. The van der Waals surface area contributed by atoms with E-state index in [4.69, 9.17) is 5.11 Å². The Labute approximate surface area is 120 Å². The van der Waals surface area contributed by atoms with Gasteiger partial charge in [0.15, 0.2) is 5.82 Å². The summed E-state index contributed by atoms with van der Waals surface area (Å²) < 4.78 is 13.3. The van der Waals surface area contributed by atoms with Crippen molar-refractivity contribution in [3.63, 3.8) is 0 Å². The Morgan fingerprint density at radius 3 is 2.95 bits per heavy atom. The Hall–Kier alpha value is -2.78. The molecule has 1 aromatic heterocycles. The van der Waals surface area contributed by atoms with E-state index in [1.54, 1.807) is 0 Å². The van der Waals surface area contributed by atoms with Gasteiger partial charge in [0.05, 0.1) is 18.4 Å². The SMILES string of the molecule is O=C(Nc1cnccn1)c1cc(F)ccc1C#CCCO. The number of nitrogens with zero attached hydrogens (tertiary/aromatic N) is 2. The van der Waals surface area contributed by atoms with Gasteiger partial charge in [-0.2, -0.15) is 0 Å². The highest BCUT2D eigenvalue weighted by Gasteiger charge is 2.12. The largest absolute Gasteiger partial charge is 0.395 e. The second-order valence-electron chi connectivity index (χ2n) is 4.01. The molecular weight excluding hydrogens is 273 g/mol. The zero-order valence-electron chi connectivity index (χ0n) is 11.0. The maximum atomic E-state index is 13.3. The number of anilines is 1. The lowest BCUT2D eigenvalue weighted by Crippen LogP contribution is -2.15. The van der Waals surface area contributed by atoms with E-state index in [-0.39, 0.29) is 24.4 Å². The Balaban J connectivity index is 2.27. The number of rotatable bonds is 3. The van der Waals surface area contributed by atoms with Gasteiger partial charge in [0.1, 0.15) is 5.82 Å². The highest BCUT2D eigenvalue weighted by molar-refractivity contribution is 6.05. The van der Waals surface area contributed by atoms with Crippen molar-refractivity contribution in [2.24, 2.45) is 0 Å². The van der Waals surface area contributed by atoms with Crippen molar-refractivity contribution < 1.29 is 14.3 Å². The van der Waals surface area contributed by atoms with Crippen LogP contribution in [0.5, 0.6) is 0 Å². The molecule has 0 aliphatic rings. The molecule has 1 aromatic carbocycles. The van der Waals surface area contributed by atoms with Gasteiger partial charge in [-0.25, -0.2) is 9.37 Å². The van der Waals surface area contributed by atoms with Crippen LogP contribution in [0.3, 0.4) is 0 Å². The van der Waals surface area contributed by atoms with Crippen LogP contribution in [0, 0.1) is 17.7 Å². The second kappa shape index (κ2) is 7.12. The molecule has 0 saturated heterocycles. The predicted molar refractivity (Wildman–Crippen MR) is 75.0 cm³/mol. The van der Waals surface area contributed by atoms with E-state index in [2.05, 4.69) is 27.1 Å². The summed E-state index contributed by atoms with van der Waals surface area (Å²) in [5.41, 5.74) is 0.484. The maximum Gasteiger partial charge on any atom is 0.258 e. The minimum absolute atomic E-state index is 0.0741. The summed E-state index contributed by atoms with van der Waals surface area (Å²) in [6.45, 7) is -0.0741. The van der Waals surface area contributed by atoms with Crippen LogP contribution in [0.15, 0.2) is 36.8 Å². The first-order valence-corrected chi connectivity index (χ1v) is 6.17. The average molecular weight is 285 g/mol. The first-order valence-electron chi connectivity index (χ1n) is 6.17. The lowest BCUT2D eigenvalue weighted by atomic mass is 10.1. The summed E-state index contributed by atoms with van der Waals surface area (Å²) in [5, 5.41) is 11.2. The second-order valence-corrected chi connectivity index (χ2v) is 4.01. The van der Waals surface area contributed by atoms with E-state index in [1.165, 1.54) is 30.7 Å². The normalized spacial score (nSPS) is 9.62. The number of carbonyl (C=O) groups is 1. The van der Waals surface area contributed by atoms with Crippen molar-refractivity contribution in [2.75, 3.05) is 11.9 Å². The molecule has 0 unspecified atom stereocenters. The van der Waals surface area contributed by atoms with Gasteiger partial charge in [-0.05, 0) is 18.2 Å². The van der Waals surface area contributed by atoms with Crippen LogP contribution in [0.4, 0.5) is 10.2 Å². The molecule has 0 bridgehead atoms. The minimum Gasteiger partial charge on any atom is -0.395 e. The van der Waals surface area contributed by atoms with E-state index < -0.39 is 11.7 Å². The molecule has 1 amide bonds. The third kappa shape index (κ3) is 4.09. The molecule has 0 saturated carbocycles. The van der Waals surface area contributed by atoms with Crippen molar-refractivity contribution in [1.82, 2.24) is 9.97 Å². The molecule has 2 aromatic rings. The van der Waals surface area contributed by atoms with Crippen LogP contribution in [0.2, 0.25) is 0 Å². The average Bonchev–Trinajstić information content (AvgIpc) is 2.50. The van der Waals surface area contributed by atoms with Crippen LogP contribution in [0.1, 0.15) is 22.3 Å². The number of amides is 1. The molecule has 0 aliphatic carbocycles. The molecule has 0 atom stereocenters. The Morgan fingerprint density at radius 2 is 2.24 bits per heavy atom. The molecule has 0 radical (unpaired) electrons. The van der Waals surface area contributed by atoms with Crippen molar-refractivity contribution in [1.29, 1.82) is 0 Å². The van der Waals surface area contributed by atoms with Crippen LogP contribution in [0.25, 0.3) is 0 Å². The van der Waals surface area contributed by atoms with Gasteiger partial charge >= 0.3 is 0 Å². The molecule has 5 nitrogen and oxygen atoms in total. The maximum absolute atomic E-state index is 13.3. The van der Waals surface area contributed by atoms with E-state index in [1.807, 2.05) is 0 Å². The standard InChI is InChI=1S/C15H12FN3O2/c16-12-5-4-11(3-1-2-8-20)13(9-12)15(21)19-14-10-17-6-7-18-14/h4-7,9-10,20H,2,8H2,(H,18,19,21). The minimum atomic E-state index is -0.535. The summed E-state index contributed by atoms with van der Waals surface area (Å²) in [4.78, 5) is 19.9. The van der Waals surface area contributed by atoms with Gasteiger partial charge in [0.25, 0.3) is 5.91 Å². The third-order valence-electron chi connectivity index (χ3n) is 2.49. The van der Waals surface area contributed by atoms with Crippen molar-refractivity contribution in [2.45, 2.75) is 6.42 Å². The third-order valence-corrected chi connectivity index (χ3v) is 2.49. The molecule has 106 valence electrons. The molecule has 6 heteroatoms. The van der Waals surface area contributed by atoms with Crippen molar-refractivity contribution in [3.05, 3.63) is 53.7 Å². The highest BCUT2D eigenvalue weighted by Crippen LogP contribution is 2.12. The lowest BCUT2D eigenvalue weighted by molar-refractivity contribution is 0.102. The number of halogens is 1. The summed E-state index contributed by atoms with van der Waals surface area (Å²) in [6.07, 6.45) is 4.57. The van der Waals surface area contributed by atoms with Crippen molar-refractivity contribution in [3.8, 4) is 11.8 Å². The van der Waals surface area contributed by atoms with Crippen LogP contribution in [-0.4, -0.2) is 27.6 Å². The molecular formula is C15H12FN3O2. The van der Waals surface area contributed by atoms with E-state index in [0.717, 1.165) is 6.07 Å². The number of aromatic nitrogens is 2. The van der Waals surface area contributed by atoms with Crippen LogP contribution in [-0.2, 0) is 0 Å². The monoisotopic (exact) mass is 285 g/mol. The zero-order valence-corrected chi connectivity index (χ0v) is 11.0. The van der Waals surface area contributed by atoms with Gasteiger partial charge in [-0.1, -0.05) is 11.8 Å². The van der Waals surface area contributed by atoms with E-state index >= 15 is 0 Å². The van der Waals surface area contributed by atoms with E-state index in [9.17, 15) is 9.18 Å². The van der Waals surface area contributed by atoms with Crippen LogP contribution >= 0.6 is 0 Å². The summed E-state index contributed by atoms with van der Waals surface area (Å²) >= 11 is 0. The number of hydrogen-bond donors (Lipinski definition) is 2. The van der Waals surface area contributed by atoms with Gasteiger partial charge in [-0.15, -0.1) is 0 Å².